The van der Waals surface area contributed by atoms with Gasteiger partial charge in [-0.05, 0) is 30.0 Å². The van der Waals surface area contributed by atoms with Gasteiger partial charge in [0.1, 0.15) is 5.75 Å². The van der Waals surface area contributed by atoms with E-state index in [2.05, 4.69) is 36.2 Å². The molecule has 3 aromatic rings. The lowest BCUT2D eigenvalue weighted by molar-refractivity contribution is 0.415. The normalized spacial score (nSPS) is 10.6. The molecule has 19 heavy (non-hydrogen) atoms. The molecule has 0 aliphatic rings. The predicted octanol–water partition coefficient (Wildman–Crippen LogP) is 4.22. The van der Waals surface area contributed by atoms with Gasteiger partial charge in [0.2, 0.25) is 0 Å². The highest BCUT2D eigenvalue weighted by atomic mass is 16.5. The molecule has 1 aromatic heterocycles. The molecule has 0 aliphatic heterocycles. The number of methoxy groups -OCH3 is 1. The molecule has 0 amide bonds. The van der Waals surface area contributed by atoms with Crippen LogP contribution in [0.5, 0.6) is 5.75 Å². The molecule has 0 unspecified atom stereocenters. The predicted molar refractivity (Wildman–Crippen MR) is 78.5 cm³/mol. The Balaban J connectivity index is 2.33. The minimum absolute atomic E-state index is 0.858. The van der Waals surface area contributed by atoms with Gasteiger partial charge >= 0.3 is 0 Å². The first-order chi connectivity index (χ1) is 9.29. The van der Waals surface area contributed by atoms with E-state index in [9.17, 15) is 0 Å². The molecule has 0 fully saturated rings. The minimum atomic E-state index is 0.858. The minimum Gasteiger partial charge on any atom is -0.497 e. The number of ether oxygens (including phenoxy) is 1. The van der Waals surface area contributed by atoms with E-state index in [1.54, 1.807) is 7.11 Å². The molecule has 94 valence electrons. The fourth-order valence-corrected chi connectivity index (χ4v) is 2.32. The van der Waals surface area contributed by atoms with Gasteiger partial charge in [-0.25, -0.2) is 0 Å². The summed E-state index contributed by atoms with van der Waals surface area (Å²) in [5.74, 6) is 0.858. The Morgan fingerprint density at radius 1 is 0.947 bits per heavy atom. The van der Waals surface area contributed by atoms with E-state index in [1.165, 1.54) is 10.9 Å². The summed E-state index contributed by atoms with van der Waals surface area (Å²) in [5.41, 5.74) is 3.30. The van der Waals surface area contributed by atoms with E-state index < -0.39 is 0 Å². The molecular formula is C17H15NO. The van der Waals surface area contributed by atoms with Gasteiger partial charge in [-0.3, -0.25) is 4.98 Å². The zero-order valence-electron chi connectivity index (χ0n) is 11.1. The Labute approximate surface area is 112 Å². The van der Waals surface area contributed by atoms with Gasteiger partial charge in [0.25, 0.3) is 0 Å². The molecule has 1 heterocycles. The molecule has 0 radical (unpaired) electrons. The average Bonchev–Trinajstić information content (AvgIpc) is 2.48. The molecule has 3 rings (SSSR count). The highest BCUT2D eigenvalue weighted by molar-refractivity contribution is 5.97. The summed E-state index contributed by atoms with van der Waals surface area (Å²) in [6, 6.07) is 16.4. The second-order valence-corrected chi connectivity index (χ2v) is 4.57. The zero-order chi connectivity index (χ0) is 13.2. The Morgan fingerprint density at radius 3 is 2.47 bits per heavy atom. The van der Waals surface area contributed by atoms with Crippen LogP contribution in [0.2, 0.25) is 0 Å². The molecule has 2 nitrogen and oxygen atoms in total. The van der Waals surface area contributed by atoms with Crippen LogP contribution in [0.1, 0.15) is 5.56 Å². The van der Waals surface area contributed by atoms with Crippen LogP contribution in [0, 0.1) is 6.92 Å². The first-order valence-electron chi connectivity index (χ1n) is 6.28. The lowest BCUT2D eigenvalue weighted by Crippen LogP contribution is -1.90. The zero-order valence-corrected chi connectivity index (χ0v) is 11.1. The van der Waals surface area contributed by atoms with E-state index in [-0.39, 0.29) is 0 Å². The summed E-state index contributed by atoms with van der Waals surface area (Å²) < 4.78 is 5.33. The summed E-state index contributed by atoms with van der Waals surface area (Å²) >= 11 is 0. The van der Waals surface area contributed by atoms with Crippen LogP contribution >= 0.6 is 0 Å². The molecule has 0 spiro atoms. The topological polar surface area (TPSA) is 22.1 Å². The van der Waals surface area contributed by atoms with Crippen LogP contribution in [-0.2, 0) is 0 Å². The molecular weight excluding hydrogens is 234 g/mol. The third-order valence-corrected chi connectivity index (χ3v) is 3.34. The van der Waals surface area contributed by atoms with E-state index in [0.717, 1.165) is 22.4 Å². The lowest BCUT2D eigenvalue weighted by atomic mass is 10.0. The maximum Gasteiger partial charge on any atom is 0.119 e. The van der Waals surface area contributed by atoms with E-state index in [4.69, 9.17) is 4.74 Å². The Kier molecular flexibility index (Phi) is 2.92. The molecule has 0 atom stereocenters. The van der Waals surface area contributed by atoms with Crippen LogP contribution in [0.4, 0.5) is 0 Å². The van der Waals surface area contributed by atoms with Gasteiger partial charge in [-0.1, -0.05) is 36.4 Å². The average molecular weight is 249 g/mol. The van der Waals surface area contributed by atoms with Crippen molar-refractivity contribution in [2.75, 3.05) is 7.11 Å². The van der Waals surface area contributed by atoms with Crippen LogP contribution in [0.15, 0.2) is 54.7 Å². The van der Waals surface area contributed by atoms with Crippen LogP contribution in [0.3, 0.4) is 0 Å². The molecule has 0 aliphatic carbocycles. The molecule has 0 N–H and O–H groups in total. The van der Waals surface area contributed by atoms with E-state index >= 15 is 0 Å². The van der Waals surface area contributed by atoms with Crippen LogP contribution < -0.4 is 4.74 Å². The second kappa shape index (κ2) is 4.73. The number of benzene rings is 2. The first kappa shape index (κ1) is 11.7. The van der Waals surface area contributed by atoms with Gasteiger partial charge in [0.15, 0.2) is 0 Å². The van der Waals surface area contributed by atoms with Gasteiger partial charge in [0, 0.05) is 17.1 Å². The molecule has 0 bridgehead atoms. The summed E-state index contributed by atoms with van der Waals surface area (Å²) in [4.78, 5) is 4.60. The van der Waals surface area contributed by atoms with Crippen molar-refractivity contribution in [3.05, 3.63) is 60.3 Å². The number of hydrogen-bond donors (Lipinski definition) is 0. The van der Waals surface area contributed by atoms with Crippen molar-refractivity contribution in [2.45, 2.75) is 6.92 Å². The van der Waals surface area contributed by atoms with E-state index in [0.29, 0.717) is 0 Å². The van der Waals surface area contributed by atoms with Gasteiger partial charge in [-0.2, -0.15) is 0 Å². The number of hydrogen-bond acceptors (Lipinski definition) is 2. The number of pyridine rings is 1. The second-order valence-electron chi connectivity index (χ2n) is 4.57. The van der Waals surface area contributed by atoms with Crippen LogP contribution in [-0.4, -0.2) is 12.1 Å². The number of aromatic nitrogens is 1. The van der Waals surface area contributed by atoms with Crippen molar-refractivity contribution in [3.63, 3.8) is 0 Å². The van der Waals surface area contributed by atoms with Gasteiger partial charge in [-0.15, -0.1) is 0 Å². The Morgan fingerprint density at radius 2 is 1.74 bits per heavy atom. The highest BCUT2D eigenvalue weighted by Gasteiger charge is 2.08. The standard InChI is InChI=1S/C17H15NO/c1-12-11-18-17(13-6-4-3-5-7-13)16-10-14(19-2)8-9-15(12)16/h3-11H,1-2H3. The first-order valence-corrected chi connectivity index (χ1v) is 6.28. The lowest BCUT2D eigenvalue weighted by Gasteiger charge is -2.10. The summed E-state index contributed by atoms with van der Waals surface area (Å²) in [6.07, 6.45) is 1.93. The van der Waals surface area contributed by atoms with Gasteiger partial charge in [0.05, 0.1) is 12.8 Å². The molecule has 2 aromatic carbocycles. The fourth-order valence-electron chi connectivity index (χ4n) is 2.32. The number of nitrogens with zero attached hydrogens (tertiary/aromatic N) is 1. The van der Waals surface area contributed by atoms with Crippen molar-refractivity contribution >= 4 is 10.8 Å². The largest absolute Gasteiger partial charge is 0.497 e. The van der Waals surface area contributed by atoms with Crippen molar-refractivity contribution in [1.82, 2.24) is 4.98 Å². The Hall–Kier alpha value is -2.35. The van der Waals surface area contributed by atoms with Crippen molar-refractivity contribution in [3.8, 4) is 17.0 Å². The maximum atomic E-state index is 5.33. The fraction of sp³-hybridized carbons (Fsp3) is 0.118. The number of fused-ring (bicyclic) bond motifs is 1. The maximum absolute atomic E-state index is 5.33. The monoisotopic (exact) mass is 249 g/mol. The van der Waals surface area contributed by atoms with Crippen molar-refractivity contribution < 1.29 is 4.74 Å². The van der Waals surface area contributed by atoms with Crippen LogP contribution in [0.25, 0.3) is 22.0 Å². The third kappa shape index (κ3) is 2.06. The SMILES string of the molecule is COc1ccc2c(C)cnc(-c3ccccc3)c2c1. The van der Waals surface area contributed by atoms with Gasteiger partial charge < -0.3 is 4.74 Å². The summed E-state index contributed by atoms with van der Waals surface area (Å²) in [6.45, 7) is 2.08. The molecule has 2 heteroatoms. The van der Waals surface area contributed by atoms with E-state index in [1.807, 2.05) is 30.5 Å². The molecule has 0 saturated heterocycles. The number of aryl methyl sites for hydroxylation is 1. The van der Waals surface area contributed by atoms with Crippen molar-refractivity contribution in [2.24, 2.45) is 0 Å². The number of rotatable bonds is 2. The molecule has 0 saturated carbocycles. The summed E-state index contributed by atoms with van der Waals surface area (Å²) in [5, 5.41) is 2.35. The summed E-state index contributed by atoms with van der Waals surface area (Å²) in [7, 11) is 1.69. The highest BCUT2D eigenvalue weighted by Crippen LogP contribution is 2.31. The smallest absolute Gasteiger partial charge is 0.119 e. The third-order valence-electron chi connectivity index (χ3n) is 3.34. The quantitative estimate of drug-likeness (QED) is 0.678. The van der Waals surface area contributed by atoms with Crippen molar-refractivity contribution in [1.29, 1.82) is 0 Å². The Bertz CT molecular complexity index is 720.